The monoisotopic (exact) mass is 672 g/mol. The van der Waals surface area contributed by atoms with Crippen LogP contribution >= 0.6 is 22.7 Å². The number of hydrogen-bond acceptors (Lipinski definition) is 3. The highest BCUT2D eigenvalue weighted by atomic mass is 32.1. The summed E-state index contributed by atoms with van der Waals surface area (Å²) in [5.74, 6) is 0. The molecule has 3 aromatic heterocycles. The molecule has 0 unspecified atom stereocenters. The summed E-state index contributed by atoms with van der Waals surface area (Å²) in [4.78, 5) is 2.48. The van der Waals surface area contributed by atoms with E-state index in [-0.39, 0.29) is 0 Å². The van der Waals surface area contributed by atoms with E-state index in [2.05, 4.69) is 179 Å². The van der Waals surface area contributed by atoms with Crippen LogP contribution < -0.4 is 4.90 Å². The minimum absolute atomic E-state index is 1.14. The van der Waals surface area contributed by atoms with Gasteiger partial charge in [-0.15, -0.1) is 22.7 Å². The molecule has 4 heteroatoms. The van der Waals surface area contributed by atoms with E-state index >= 15 is 0 Å². The molecule has 0 aliphatic heterocycles. The summed E-state index contributed by atoms with van der Waals surface area (Å²) >= 11 is 3.74. The maximum atomic E-state index is 2.48. The second kappa shape index (κ2) is 10.8. The predicted octanol–water partition coefficient (Wildman–Crippen LogP) is 14.1. The zero-order chi connectivity index (χ0) is 32.8. The van der Waals surface area contributed by atoms with Crippen LogP contribution in [0.4, 0.5) is 17.1 Å². The van der Waals surface area contributed by atoms with Crippen molar-refractivity contribution in [1.29, 1.82) is 0 Å². The molecule has 0 saturated carbocycles. The first-order chi connectivity index (χ1) is 24.8. The van der Waals surface area contributed by atoms with E-state index in [1.807, 2.05) is 22.7 Å². The summed E-state index contributed by atoms with van der Waals surface area (Å²) in [5, 5.41) is 10.3. The molecule has 0 fully saturated rings. The number of nitrogens with zero attached hydrogens (tertiary/aromatic N) is 2. The molecule has 0 aliphatic rings. The van der Waals surface area contributed by atoms with Gasteiger partial charge < -0.3 is 9.47 Å². The largest absolute Gasteiger partial charge is 0.308 e. The van der Waals surface area contributed by atoms with Crippen molar-refractivity contribution in [3.63, 3.8) is 0 Å². The molecule has 0 bridgehead atoms. The summed E-state index contributed by atoms with van der Waals surface area (Å²) in [7, 11) is 0. The first-order valence-electron chi connectivity index (χ1n) is 16.9. The van der Waals surface area contributed by atoms with Crippen molar-refractivity contribution < 1.29 is 0 Å². The standard InChI is InChI=1S/C46H28N2S2/c1-2-11-30(12-3-1)48-39-17-7-4-13-33(39)36-16-10-18-40(46(36)48)47(32-24-25-35-34-14-5-8-19-41(34)50-44(35)28-32)31-23-21-29-22-26-43-45(38(29)27-31)37-15-6-9-20-42(37)49-43/h1-28H. The van der Waals surface area contributed by atoms with Crippen molar-refractivity contribution >= 4 is 113 Å². The average Bonchev–Trinajstić information content (AvgIpc) is 3.85. The first kappa shape index (κ1) is 28.0. The lowest BCUT2D eigenvalue weighted by Crippen LogP contribution is -2.11. The van der Waals surface area contributed by atoms with Crippen LogP contribution in [0.1, 0.15) is 0 Å². The fraction of sp³-hybridized carbons (Fsp3) is 0. The van der Waals surface area contributed by atoms with E-state index in [9.17, 15) is 0 Å². The van der Waals surface area contributed by atoms with E-state index in [0.29, 0.717) is 0 Å². The highest BCUT2D eigenvalue weighted by molar-refractivity contribution is 7.26. The highest BCUT2D eigenvalue weighted by Gasteiger charge is 2.23. The Morgan fingerprint density at radius 2 is 1.04 bits per heavy atom. The molecular weight excluding hydrogens is 645 g/mol. The van der Waals surface area contributed by atoms with Crippen LogP contribution in [0.15, 0.2) is 170 Å². The van der Waals surface area contributed by atoms with Crippen LogP contribution in [0.2, 0.25) is 0 Å². The highest BCUT2D eigenvalue weighted by Crippen LogP contribution is 2.47. The molecular formula is C46H28N2S2. The molecule has 8 aromatic carbocycles. The number of aromatic nitrogens is 1. The fourth-order valence-electron chi connectivity index (χ4n) is 7.98. The van der Waals surface area contributed by atoms with Gasteiger partial charge in [0, 0.05) is 68.2 Å². The lowest BCUT2D eigenvalue weighted by molar-refractivity contribution is 1.17. The van der Waals surface area contributed by atoms with Gasteiger partial charge in [0.2, 0.25) is 0 Å². The average molecular weight is 673 g/mol. The molecule has 3 heterocycles. The number of rotatable bonds is 4. The van der Waals surface area contributed by atoms with E-state index < -0.39 is 0 Å². The van der Waals surface area contributed by atoms with E-state index in [1.54, 1.807) is 0 Å². The van der Waals surface area contributed by atoms with Crippen molar-refractivity contribution in [2.75, 3.05) is 4.90 Å². The smallest absolute Gasteiger partial charge is 0.0782 e. The van der Waals surface area contributed by atoms with E-state index in [4.69, 9.17) is 0 Å². The van der Waals surface area contributed by atoms with E-state index in [1.165, 1.54) is 72.9 Å². The van der Waals surface area contributed by atoms with Gasteiger partial charge in [-0.2, -0.15) is 0 Å². The van der Waals surface area contributed by atoms with Crippen LogP contribution in [-0.2, 0) is 0 Å². The maximum Gasteiger partial charge on any atom is 0.0782 e. The molecule has 50 heavy (non-hydrogen) atoms. The SMILES string of the molecule is c1ccc(-n2c3ccccc3c3cccc(N(c4ccc5c(c4)sc4ccccc45)c4ccc5ccc6sc7ccccc7c6c5c4)c32)cc1. The van der Waals surface area contributed by atoms with Gasteiger partial charge >= 0.3 is 0 Å². The molecule has 234 valence electrons. The third-order valence-electron chi connectivity index (χ3n) is 10.2. The van der Waals surface area contributed by atoms with Gasteiger partial charge in [-0.1, -0.05) is 103 Å². The minimum atomic E-state index is 1.14. The molecule has 11 aromatic rings. The molecule has 0 atom stereocenters. The zero-order valence-electron chi connectivity index (χ0n) is 26.9. The second-order valence-corrected chi connectivity index (χ2v) is 15.1. The Hall–Kier alpha value is -5.94. The van der Waals surface area contributed by atoms with Gasteiger partial charge in [-0.05, 0) is 77.5 Å². The Kier molecular flexibility index (Phi) is 6.03. The summed E-state index contributed by atoms with van der Waals surface area (Å²) in [6.45, 7) is 0. The summed E-state index contributed by atoms with van der Waals surface area (Å²) < 4.78 is 7.69. The number of anilines is 3. The number of thiophene rings is 2. The molecule has 0 radical (unpaired) electrons. The normalized spacial score (nSPS) is 12.0. The van der Waals surface area contributed by atoms with Crippen molar-refractivity contribution in [2.24, 2.45) is 0 Å². The molecule has 0 spiro atoms. The van der Waals surface area contributed by atoms with Gasteiger partial charge in [0.25, 0.3) is 0 Å². The third-order valence-corrected chi connectivity index (χ3v) is 12.4. The van der Waals surface area contributed by atoms with Gasteiger partial charge in [0.05, 0.1) is 16.7 Å². The van der Waals surface area contributed by atoms with Crippen molar-refractivity contribution in [1.82, 2.24) is 4.57 Å². The Morgan fingerprint density at radius 1 is 0.400 bits per heavy atom. The van der Waals surface area contributed by atoms with Gasteiger partial charge in [0.1, 0.15) is 0 Å². The molecule has 0 amide bonds. The van der Waals surface area contributed by atoms with Crippen LogP contribution in [0.5, 0.6) is 0 Å². The van der Waals surface area contributed by atoms with Crippen LogP contribution in [-0.4, -0.2) is 4.57 Å². The summed E-state index contributed by atoms with van der Waals surface area (Å²) in [6, 6.07) is 62.5. The fourth-order valence-corrected chi connectivity index (χ4v) is 10.2. The predicted molar refractivity (Wildman–Crippen MR) is 219 cm³/mol. The van der Waals surface area contributed by atoms with Crippen molar-refractivity contribution in [3.05, 3.63) is 170 Å². The number of hydrogen-bond donors (Lipinski definition) is 0. The van der Waals surface area contributed by atoms with Crippen LogP contribution in [0.25, 0.3) is 78.6 Å². The Labute approximate surface area is 296 Å². The third kappa shape index (κ3) is 4.07. The molecule has 0 saturated heterocycles. The first-order valence-corrected chi connectivity index (χ1v) is 18.6. The van der Waals surface area contributed by atoms with Crippen LogP contribution in [0, 0.1) is 0 Å². The van der Waals surface area contributed by atoms with Gasteiger partial charge in [-0.25, -0.2) is 0 Å². The summed E-state index contributed by atoms with van der Waals surface area (Å²) in [5.41, 5.74) is 6.96. The maximum absolute atomic E-state index is 2.48. The zero-order valence-corrected chi connectivity index (χ0v) is 28.5. The molecule has 2 nitrogen and oxygen atoms in total. The van der Waals surface area contributed by atoms with Gasteiger partial charge in [0.15, 0.2) is 0 Å². The summed E-state index contributed by atoms with van der Waals surface area (Å²) in [6.07, 6.45) is 0. The van der Waals surface area contributed by atoms with Crippen molar-refractivity contribution in [2.45, 2.75) is 0 Å². The minimum Gasteiger partial charge on any atom is -0.308 e. The number of fused-ring (bicyclic) bond motifs is 11. The van der Waals surface area contributed by atoms with Crippen LogP contribution in [0.3, 0.4) is 0 Å². The molecule has 0 aliphatic carbocycles. The number of para-hydroxylation sites is 3. The Bertz CT molecular complexity index is 3110. The molecule has 0 N–H and O–H groups in total. The lowest BCUT2D eigenvalue weighted by Gasteiger charge is -2.27. The van der Waals surface area contributed by atoms with E-state index in [0.717, 1.165) is 22.7 Å². The lowest BCUT2D eigenvalue weighted by atomic mass is 10.0. The topological polar surface area (TPSA) is 8.17 Å². The second-order valence-electron chi connectivity index (χ2n) is 12.9. The molecule has 11 rings (SSSR count). The quantitative estimate of drug-likeness (QED) is 0.181. The number of benzene rings is 8. The Balaban J connectivity index is 1.26. The van der Waals surface area contributed by atoms with Crippen molar-refractivity contribution in [3.8, 4) is 5.69 Å². The van der Waals surface area contributed by atoms with Gasteiger partial charge in [-0.3, -0.25) is 0 Å². The Morgan fingerprint density at radius 3 is 1.92 bits per heavy atom.